The van der Waals surface area contributed by atoms with E-state index in [-0.39, 0.29) is 6.10 Å². The van der Waals surface area contributed by atoms with Gasteiger partial charge in [0.25, 0.3) is 0 Å². The summed E-state index contributed by atoms with van der Waals surface area (Å²) in [7, 11) is 0. The minimum Gasteiger partial charge on any atom is -0.391 e. The second-order valence-corrected chi connectivity index (χ2v) is 4.19. The normalized spacial score (nSPS) is 40.4. The van der Waals surface area contributed by atoms with Gasteiger partial charge in [-0.2, -0.15) is 0 Å². The molecule has 3 rings (SSSR count). The summed E-state index contributed by atoms with van der Waals surface area (Å²) in [4.78, 5) is 10.7. The number of aliphatic hydroxyl groups is 1. The molecule has 4 nitrogen and oxygen atoms in total. The van der Waals surface area contributed by atoms with Gasteiger partial charge in [-0.3, -0.25) is 14.9 Å². The van der Waals surface area contributed by atoms with Gasteiger partial charge >= 0.3 is 0 Å². The summed E-state index contributed by atoms with van der Waals surface area (Å²) in [6, 6.07) is 0. The molecule has 74 valence electrons. The second kappa shape index (κ2) is 3.00. The molecule has 4 atom stereocenters. The standard InChI is InChI=1S/C10H13N3O/c14-10-6-13-4-7(8(10)5-13)9-3-11-1-2-12-9/h1-3,7-8,10,14H,4-6H2. The van der Waals surface area contributed by atoms with Crippen LogP contribution in [0.3, 0.4) is 0 Å². The van der Waals surface area contributed by atoms with Crippen LogP contribution in [0.1, 0.15) is 11.6 Å². The lowest BCUT2D eigenvalue weighted by atomic mass is 9.88. The lowest BCUT2D eigenvalue weighted by Crippen LogP contribution is -2.33. The summed E-state index contributed by atoms with van der Waals surface area (Å²) in [6.07, 6.45) is 5.06. The molecular weight excluding hydrogens is 178 g/mol. The Kier molecular flexibility index (Phi) is 1.78. The van der Waals surface area contributed by atoms with Crippen LogP contribution in [-0.4, -0.2) is 45.7 Å². The van der Waals surface area contributed by atoms with E-state index in [2.05, 4.69) is 14.9 Å². The molecule has 2 bridgehead atoms. The van der Waals surface area contributed by atoms with Crippen molar-refractivity contribution in [2.24, 2.45) is 5.92 Å². The molecule has 0 aromatic carbocycles. The number of nitrogens with zero attached hydrogens (tertiary/aromatic N) is 3. The smallest absolute Gasteiger partial charge is 0.0714 e. The monoisotopic (exact) mass is 191 g/mol. The summed E-state index contributed by atoms with van der Waals surface area (Å²) in [5.74, 6) is 0.749. The van der Waals surface area contributed by atoms with Gasteiger partial charge in [-0.25, -0.2) is 0 Å². The quantitative estimate of drug-likeness (QED) is 0.671. The molecule has 1 aromatic heterocycles. The zero-order valence-corrected chi connectivity index (χ0v) is 7.87. The van der Waals surface area contributed by atoms with Gasteiger partial charge in [0.2, 0.25) is 0 Å². The van der Waals surface area contributed by atoms with E-state index in [0.29, 0.717) is 11.8 Å². The molecule has 3 heterocycles. The number of hydrogen-bond donors (Lipinski definition) is 1. The van der Waals surface area contributed by atoms with Crippen LogP contribution in [0.25, 0.3) is 0 Å². The Labute approximate surface area is 82.6 Å². The van der Waals surface area contributed by atoms with E-state index in [1.165, 1.54) is 0 Å². The summed E-state index contributed by atoms with van der Waals surface area (Å²) in [5, 5.41) is 9.76. The lowest BCUT2D eigenvalue weighted by molar-refractivity contribution is 0.105. The van der Waals surface area contributed by atoms with Crippen LogP contribution in [0.2, 0.25) is 0 Å². The van der Waals surface area contributed by atoms with E-state index in [1.807, 2.05) is 6.20 Å². The molecule has 4 unspecified atom stereocenters. The topological polar surface area (TPSA) is 49.2 Å². The number of piperidine rings is 1. The number of fused-ring (bicyclic) bond motifs is 2. The van der Waals surface area contributed by atoms with Gasteiger partial charge in [-0.05, 0) is 0 Å². The van der Waals surface area contributed by atoms with Crippen LogP contribution < -0.4 is 0 Å². The molecule has 14 heavy (non-hydrogen) atoms. The van der Waals surface area contributed by atoms with Crippen molar-refractivity contribution in [3.05, 3.63) is 24.3 Å². The number of aromatic nitrogens is 2. The molecule has 2 saturated heterocycles. The van der Waals surface area contributed by atoms with E-state index in [1.54, 1.807) is 12.4 Å². The molecule has 0 aliphatic carbocycles. The summed E-state index contributed by atoms with van der Waals surface area (Å²) in [5.41, 5.74) is 1.03. The van der Waals surface area contributed by atoms with Crippen LogP contribution in [-0.2, 0) is 0 Å². The first-order valence-electron chi connectivity index (χ1n) is 5.01. The zero-order chi connectivity index (χ0) is 9.54. The molecule has 0 amide bonds. The van der Waals surface area contributed by atoms with Gasteiger partial charge in [0.15, 0.2) is 0 Å². The first-order chi connectivity index (χ1) is 6.84. The van der Waals surface area contributed by atoms with Crippen molar-refractivity contribution in [1.82, 2.24) is 14.9 Å². The molecule has 2 aliphatic heterocycles. The Morgan fingerprint density at radius 3 is 2.86 bits per heavy atom. The molecule has 4 heteroatoms. The number of rotatable bonds is 1. The Bertz CT molecular complexity index is 329. The first-order valence-corrected chi connectivity index (χ1v) is 5.01. The molecule has 0 saturated carbocycles. The predicted molar refractivity (Wildman–Crippen MR) is 50.7 cm³/mol. The third-order valence-electron chi connectivity index (χ3n) is 3.34. The third kappa shape index (κ3) is 1.14. The highest BCUT2D eigenvalue weighted by Crippen LogP contribution is 2.38. The SMILES string of the molecule is OC1CN2CC(c3cnccn3)C1C2. The lowest BCUT2D eigenvalue weighted by Gasteiger charge is -2.25. The van der Waals surface area contributed by atoms with Crippen LogP contribution >= 0.6 is 0 Å². The average molecular weight is 191 g/mol. The predicted octanol–water partition coefficient (Wildman–Crippen LogP) is -0.134. The van der Waals surface area contributed by atoms with Crippen molar-refractivity contribution in [3.63, 3.8) is 0 Å². The van der Waals surface area contributed by atoms with Gasteiger partial charge in [0, 0.05) is 50.1 Å². The first kappa shape index (κ1) is 8.32. The summed E-state index contributed by atoms with van der Waals surface area (Å²) >= 11 is 0. The number of hydrogen-bond acceptors (Lipinski definition) is 4. The molecule has 2 aliphatic rings. The van der Waals surface area contributed by atoms with Gasteiger partial charge in [-0.1, -0.05) is 0 Å². The second-order valence-electron chi connectivity index (χ2n) is 4.19. The Morgan fingerprint density at radius 2 is 2.21 bits per heavy atom. The van der Waals surface area contributed by atoms with Crippen LogP contribution in [0.5, 0.6) is 0 Å². The average Bonchev–Trinajstić information content (AvgIpc) is 2.77. The molecule has 0 radical (unpaired) electrons. The fourth-order valence-corrected chi connectivity index (χ4v) is 2.67. The van der Waals surface area contributed by atoms with Crippen LogP contribution in [0.15, 0.2) is 18.6 Å². The Hall–Kier alpha value is -1.00. The van der Waals surface area contributed by atoms with Gasteiger partial charge in [0.1, 0.15) is 0 Å². The fourth-order valence-electron chi connectivity index (χ4n) is 2.67. The van der Waals surface area contributed by atoms with Crippen LogP contribution in [0, 0.1) is 5.92 Å². The highest BCUT2D eigenvalue weighted by atomic mass is 16.3. The Morgan fingerprint density at radius 1 is 1.29 bits per heavy atom. The maximum atomic E-state index is 9.76. The molecule has 2 fully saturated rings. The molecule has 1 N–H and O–H groups in total. The van der Waals surface area contributed by atoms with Crippen molar-refractivity contribution < 1.29 is 5.11 Å². The van der Waals surface area contributed by atoms with Crippen molar-refractivity contribution >= 4 is 0 Å². The Balaban J connectivity index is 1.88. The van der Waals surface area contributed by atoms with Crippen molar-refractivity contribution in [2.75, 3.05) is 19.6 Å². The molecule has 1 aromatic rings. The van der Waals surface area contributed by atoms with E-state index >= 15 is 0 Å². The summed E-state index contributed by atoms with van der Waals surface area (Å²) in [6.45, 7) is 2.88. The van der Waals surface area contributed by atoms with E-state index in [9.17, 15) is 5.11 Å². The zero-order valence-electron chi connectivity index (χ0n) is 7.87. The highest BCUT2D eigenvalue weighted by Gasteiger charge is 2.45. The maximum Gasteiger partial charge on any atom is 0.0714 e. The summed E-state index contributed by atoms with van der Waals surface area (Å²) < 4.78 is 0. The van der Waals surface area contributed by atoms with Gasteiger partial charge in [-0.15, -0.1) is 0 Å². The van der Waals surface area contributed by atoms with E-state index in [0.717, 1.165) is 25.3 Å². The molecular formula is C10H13N3O. The minimum atomic E-state index is -0.171. The fraction of sp³-hybridized carbons (Fsp3) is 0.600. The van der Waals surface area contributed by atoms with Crippen molar-refractivity contribution in [1.29, 1.82) is 0 Å². The van der Waals surface area contributed by atoms with Crippen LogP contribution in [0.4, 0.5) is 0 Å². The highest BCUT2D eigenvalue weighted by molar-refractivity contribution is 5.14. The largest absolute Gasteiger partial charge is 0.391 e. The van der Waals surface area contributed by atoms with E-state index < -0.39 is 0 Å². The van der Waals surface area contributed by atoms with Crippen molar-refractivity contribution in [2.45, 2.75) is 12.0 Å². The molecule has 0 spiro atoms. The minimum absolute atomic E-state index is 0.171. The van der Waals surface area contributed by atoms with Gasteiger partial charge in [0.05, 0.1) is 11.8 Å². The number of aliphatic hydroxyl groups excluding tert-OH is 1. The maximum absolute atomic E-state index is 9.76. The van der Waals surface area contributed by atoms with E-state index in [4.69, 9.17) is 0 Å². The third-order valence-corrected chi connectivity index (χ3v) is 3.34. The van der Waals surface area contributed by atoms with Gasteiger partial charge < -0.3 is 5.11 Å². The van der Waals surface area contributed by atoms with Crippen molar-refractivity contribution in [3.8, 4) is 0 Å².